The predicted molar refractivity (Wildman–Crippen MR) is 150 cm³/mol. The Kier molecular flexibility index (Phi) is 7.97. The number of carbonyl (C=O) groups is 2. The number of halogens is 2. The average Bonchev–Trinajstić information content (AvgIpc) is 3.51. The van der Waals surface area contributed by atoms with Crippen molar-refractivity contribution < 1.29 is 23.8 Å². The maximum atomic E-state index is 13.8. The summed E-state index contributed by atoms with van der Waals surface area (Å²) < 4.78 is 19.8. The van der Waals surface area contributed by atoms with Crippen LogP contribution in [0, 0.1) is 5.82 Å². The lowest BCUT2D eigenvalue weighted by atomic mass is 9.95. The summed E-state index contributed by atoms with van der Waals surface area (Å²) in [7, 11) is 0. The topological polar surface area (TPSA) is 92.6 Å². The second kappa shape index (κ2) is 11.6. The largest absolute Gasteiger partial charge is 0.507 e. The zero-order valence-corrected chi connectivity index (χ0v) is 22.9. The van der Waals surface area contributed by atoms with E-state index in [4.69, 9.17) is 16.3 Å². The molecule has 1 fully saturated rings. The van der Waals surface area contributed by atoms with Gasteiger partial charge >= 0.3 is 5.91 Å². The molecule has 0 saturated carbocycles. The van der Waals surface area contributed by atoms with Crippen molar-refractivity contribution >= 4 is 57.3 Å². The number of ketones is 1. The minimum absolute atomic E-state index is 0.124. The number of ether oxygens (including phenoxy) is 1. The number of thioether (sulfide) groups is 1. The van der Waals surface area contributed by atoms with Crippen LogP contribution in [0.25, 0.3) is 5.76 Å². The van der Waals surface area contributed by atoms with Crippen molar-refractivity contribution in [2.24, 2.45) is 0 Å². The molecule has 1 amide bonds. The van der Waals surface area contributed by atoms with E-state index in [-0.39, 0.29) is 16.5 Å². The number of nitrogens with zero attached hydrogens (tertiary/aromatic N) is 3. The molecular weight excluding hydrogens is 561 g/mol. The van der Waals surface area contributed by atoms with Crippen LogP contribution in [-0.4, -0.2) is 33.6 Å². The van der Waals surface area contributed by atoms with Crippen LogP contribution in [0.4, 0.5) is 9.52 Å². The third-order valence-corrected chi connectivity index (χ3v) is 8.33. The van der Waals surface area contributed by atoms with Crippen molar-refractivity contribution in [3.63, 3.8) is 0 Å². The first-order valence-electron chi connectivity index (χ1n) is 11.9. The van der Waals surface area contributed by atoms with Gasteiger partial charge < -0.3 is 9.84 Å². The number of aliphatic hydroxyl groups excluding tert-OH is 1. The second-order valence-corrected chi connectivity index (χ2v) is 11.1. The lowest BCUT2D eigenvalue weighted by molar-refractivity contribution is -0.132. The monoisotopic (exact) mass is 581 g/mol. The Morgan fingerprint density at radius 3 is 2.41 bits per heavy atom. The third-order valence-electron chi connectivity index (χ3n) is 5.95. The van der Waals surface area contributed by atoms with Gasteiger partial charge in [0, 0.05) is 16.3 Å². The second-order valence-electron chi connectivity index (χ2n) is 8.44. The number of hydrogen-bond acceptors (Lipinski definition) is 8. The van der Waals surface area contributed by atoms with E-state index in [2.05, 4.69) is 10.2 Å². The van der Waals surface area contributed by atoms with Crippen molar-refractivity contribution in [3.8, 4) is 5.75 Å². The summed E-state index contributed by atoms with van der Waals surface area (Å²) in [5, 5.41) is 20.5. The Bertz CT molecular complexity index is 1540. The maximum Gasteiger partial charge on any atom is 0.301 e. The summed E-state index contributed by atoms with van der Waals surface area (Å²) in [5.41, 5.74) is 1.68. The lowest BCUT2D eigenvalue weighted by Gasteiger charge is -2.22. The maximum absolute atomic E-state index is 13.8. The molecule has 2 heterocycles. The Morgan fingerprint density at radius 2 is 1.74 bits per heavy atom. The van der Waals surface area contributed by atoms with Gasteiger partial charge in [0.25, 0.3) is 5.78 Å². The van der Waals surface area contributed by atoms with E-state index in [0.717, 1.165) is 16.9 Å². The first-order chi connectivity index (χ1) is 18.9. The van der Waals surface area contributed by atoms with E-state index in [1.165, 1.54) is 40.9 Å². The normalized spacial score (nSPS) is 16.6. The van der Waals surface area contributed by atoms with Gasteiger partial charge in [-0.2, -0.15) is 0 Å². The molecule has 3 aromatic carbocycles. The molecule has 5 rings (SSSR count). The van der Waals surface area contributed by atoms with Crippen molar-refractivity contribution in [1.29, 1.82) is 0 Å². The molecule has 1 aromatic heterocycles. The van der Waals surface area contributed by atoms with Crippen LogP contribution < -0.4 is 9.64 Å². The highest BCUT2D eigenvalue weighted by molar-refractivity contribution is 8.00. The molecule has 39 heavy (non-hydrogen) atoms. The quantitative estimate of drug-likeness (QED) is 0.0819. The van der Waals surface area contributed by atoms with E-state index in [1.54, 1.807) is 36.4 Å². The highest BCUT2D eigenvalue weighted by Crippen LogP contribution is 2.44. The highest BCUT2D eigenvalue weighted by Gasteiger charge is 2.48. The molecule has 1 N–H and O–H groups in total. The van der Waals surface area contributed by atoms with Crippen LogP contribution in [-0.2, 0) is 15.3 Å². The van der Waals surface area contributed by atoms with Crippen LogP contribution in [0.1, 0.15) is 29.7 Å². The van der Waals surface area contributed by atoms with Crippen molar-refractivity contribution in [2.45, 2.75) is 23.1 Å². The van der Waals surface area contributed by atoms with Gasteiger partial charge in [-0.1, -0.05) is 59.0 Å². The van der Waals surface area contributed by atoms with E-state index in [0.29, 0.717) is 38.6 Å². The van der Waals surface area contributed by atoms with Gasteiger partial charge in [0.2, 0.25) is 5.13 Å². The highest BCUT2D eigenvalue weighted by atomic mass is 35.5. The van der Waals surface area contributed by atoms with E-state index in [1.807, 2.05) is 19.1 Å². The van der Waals surface area contributed by atoms with Crippen LogP contribution >= 0.6 is 34.7 Å². The van der Waals surface area contributed by atoms with Gasteiger partial charge in [-0.25, -0.2) is 4.39 Å². The molecule has 1 atom stereocenters. The Balaban J connectivity index is 1.51. The van der Waals surface area contributed by atoms with Crippen LogP contribution in [0.5, 0.6) is 5.75 Å². The van der Waals surface area contributed by atoms with Gasteiger partial charge in [-0.15, -0.1) is 10.2 Å². The van der Waals surface area contributed by atoms with Gasteiger partial charge in [0.05, 0.1) is 18.2 Å². The summed E-state index contributed by atoms with van der Waals surface area (Å²) in [6.45, 7) is 2.33. The van der Waals surface area contributed by atoms with E-state index in [9.17, 15) is 19.1 Å². The summed E-state index contributed by atoms with van der Waals surface area (Å²) in [6, 6.07) is 18.3. The number of benzene rings is 3. The van der Waals surface area contributed by atoms with Gasteiger partial charge in [-0.05, 0) is 66.6 Å². The summed E-state index contributed by atoms with van der Waals surface area (Å²) in [5.74, 6) is -1.36. The number of amides is 1. The van der Waals surface area contributed by atoms with Crippen LogP contribution in [0.15, 0.2) is 82.7 Å². The minimum Gasteiger partial charge on any atom is -0.507 e. The molecule has 7 nitrogen and oxygen atoms in total. The Morgan fingerprint density at radius 1 is 1.05 bits per heavy atom. The molecule has 0 spiro atoms. The number of Topliss-reactive ketones (excluding diaryl/α,β-unsaturated/α-hetero) is 1. The van der Waals surface area contributed by atoms with E-state index < -0.39 is 23.5 Å². The summed E-state index contributed by atoms with van der Waals surface area (Å²) in [6.07, 6.45) is 0. The molecule has 1 unspecified atom stereocenters. The predicted octanol–water partition coefficient (Wildman–Crippen LogP) is 6.65. The molecule has 0 bridgehead atoms. The molecule has 1 aliphatic heterocycles. The standard InChI is InChI=1S/C28H21ClFN3O4S2/c1-2-37-21-13-7-18(8-14-21)24(34)22-23(17-5-11-20(30)12-6-17)33(26(36)25(22)35)27-31-32-28(39-27)38-15-16-3-9-19(29)10-4-16/h3-14,23,34H,2,15H2,1H3/b24-22-. The fraction of sp³-hybridized carbons (Fsp3) is 0.143. The Labute approximate surface area is 236 Å². The van der Waals surface area contributed by atoms with Crippen LogP contribution in [0.2, 0.25) is 5.02 Å². The molecule has 0 radical (unpaired) electrons. The molecule has 0 aliphatic carbocycles. The van der Waals surface area contributed by atoms with Crippen molar-refractivity contribution in [3.05, 3.63) is 106 Å². The number of carbonyl (C=O) groups excluding carboxylic acids is 2. The number of rotatable bonds is 8. The fourth-order valence-corrected chi connectivity index (χ4v) is 6.05. The molecule has 11 heteroatoms. The summed E-state index contributed by atoms with van der Waals surface area (Å²) in [4.78, 5) is 27.8. The zero-order valence-electron chi connectivity index (χ0n) is 20.5. The molecular formula is C28H21ClFN3O4S2. The molecule has 4 aromatic rings. The molecule has 1 aliphatic rings. The SMILES string of the molecule is CCOc1ccc(/C(O)=C2/C(=O)C(=O)N(c3nnc(SCc4ccc(Cl)cc4)s3)C2c2ccc(F)cc2)cc1. The number of aliphatic hydroxyl groups is 1. The van der Waals surface area contributed by atoms with Gasteiger partial charge in [0.15, 0.2) is 4.34 Å². The number of hydrogen-bond donors (Lipinski definition) is 1. The van der Waals surface area contributed by atoms with Crippen molar-refractivity contribution in [1.82, 2.24) is 10.2 Å². The molecule has 198 valence electrons. The lowest BCUT2D eigenvalue weighted by Crippen LogP contribution is -2.29. The zero-order chi connectivity index (χ0) is 27.5. The molecule has 1 saturated heterocycles. The number of aromatic nitrogens is 2. The smallest absolute Gasteiger partial charge is 0.301 e. The minimum atomic E-state index is -1.03. The van der Waals surface area contributed by atoms with Crippen molar-refractivity contribution in [2.75, 3.05) is 11.5 Å². The fourth-order valence-electron chi connectivity index (χ4n) is 4.11. The van der Waals surface area contributed by atoms with Gasteiger partial charge in [-0.3, -0.25) is 14.5 Å². The van der Waals surface area contributed by atoms with E-state index >= 15 is 0 Å². The Hall–Kier alpha value is -3.73. The first kappa shape index (κ1) is 26.9. The van der Waals surface area contributed by atoms with Gasteiger partial charge in [0.1, 0.15) is 17.3 Å². The average molecular weight is 582 g/mol. The number of anilines is 1. The third kappa shape index (κ3) is 5.68. The summed E-state index contributed by atoms with van der Waals surface area (Å²) >= 11 is 8.53. The van der Waals surface area contributed by atoms with Crippen LogP contribution in [0.3, 0.4) is 0 Å². The first-order valence-corrected chi connectivity index (χ1v) is 14.0.